The number of ketones is 1. The summed E-state index contributed by atoms with van der Waals surface area (Å²) in [6.45, 7) is 1.25. The van der Waals surface area contributed by atoms with Crippen LogP contribution in [0.15, 0.2) is 12.1 Å². The average molecular weight is 312 g/mol. The maximum Gasteiger partial charge on any atom is 0.315 e. The molecule has 0 heterocycles. The van der Waals surface area contributed by atoms with Crippen molar-refractivity contribution in [2.45, 2.75) is 19.8 Å². The fraction of sp³-hybridized carbons (Fsp3) is 0.429. The largest absolute Gasteiger partial charge is 0.493 e. The minimum Gasteiger partial charge on any atom is -0.493 e. The lowest BCUT2D eigenvalue weighted by Crippen LogP contribution is -2.21. The van der Waals surface area contributed by atoms with Crippen LogP contribution in [0.1, 0.15) is 30.1 Å². The summed E-state index contributed by atoms with van der Waals surface area (Å²) in [6.07, 6.45) is 0.674. The molecule has 1 aromatic carbocycles. The first kappa shape index (κ1) is 17.5. The summed E-state index contributed by atoms with van der Waals surface area (Å²) in [5, 5.41) is 10.8. The molecule has 0 aromatic heterocycles. The van der Waals surface area contributed by atoms with Crippen molar-refractivity contribution in [2.24, 2.45) is 0 Å². The number of nitro groups is 1. The van der Waals surface area contributed by atoms with Crippen molar-refractivity contribution >= 4 is 17.4 Å². The number of hydrogen-bond acceptors (Lipinski definition) is 5. The Bertz CT molecular complexity index is 601. The zero-order valence-electron chi connectivity index (χ0n) is 12.6. The van der Waals surface area contributed by atoms with Gasteiger partial charge in [-0.1, -0.05) is 0 Å². The van der Waals surface area contributed by atoms with Gasteiger partial charge in [0.15, 0.2) is 5.78 Å². The molecule has 120 valence electrons. The summed E-state index contributed by atoms with van der Waals surface area (Å²) in [5.41, 5.74) is -1.20. The van der Waals surface area contributed by atoms with E-state index in [4.69, 9.17) is 4.74 Å². The minimum atomic E-state index is -1.13. The molecule has 0 aliphatic rings. The topological polar surface area (TPSA) is 89.8 Å². The van der Waals surface area contributed by atoms with Gasteiger partial charge in [0.05, 0.1) is 11.5 Å². The van der Waals surface area contributed by atoms with Gasteiger partial charge in [0.2, 0.25) is 11.7 Å². The third kappa shape index (κ3) is 4.51. The molecule has 22 heavy (non-hydrogen) atoms. The van der Waals surface area contributed by atoms with Crippen LogP contribution < -0.4 is 4.74 Å². The van der Waals surface area contributed by atoms with Gasteiger partial charge in [-0.25, -0.2) is 0 Å². The molecule has 1 amide bonds. The number of carbonyl (C=O) groups is 2. The van der Waals surface area contributed by atoms with Gasteiger partial charge in [0.1, 0.15) is 11.3 Å². The highest BCUT2D eigenvalue weighted by atomic mass is 19.1. The Labute approximate surface area is 126 Å². The summed E-state index contributed by atoms with van der Waals surface area (Å²) in [7, 11) is 3.27. The molecule has 0 N–H and O–H groups in total. The third-order valence-corrected chi connectivity index (χ3v) is 2.90. The smallest absolute Gasteiger partial charge is 0.315 e. The van der Waals surface area contributed by atoms with E-state index in [1.54, 1.807) is 14.1 Å². The fourth-order valence-corrected chi connectivity index (χ4v) is 1.75. The molecule has 0 saturated heterocycles. The number of Topliss-reactive ketones (excluding diaryl/α,β-unsaturated/α-hetero) is 1. The number of benzene rings is 1. The zero-order chi connectivity index (χ0) is 16.9. The van der Waals surface area contributed by atoms with E-state index < -0.39 is 22.2 Å². The van der Waals surface area contributed by atoms with E-state index in [2.05, 4.69) is 0 Å². The van der Waals surface area contributed by atoms with Crippen molar-refractivity contribution in [1.29, 1.82) is 0 Å². The van der Waals surface area contributed by atoms with Gasteiger partial charge >= 0.3 is 5.69 Å². The Balaban J connectivity index is 2.79. The number of hydrogen-bond donors (Lipinski definition) is 0. The number of nitrogens with zero attached hydrogens (tertiary/aromatic N) is 2. The van der Waals surface area contributed by atoms with Gasteiger partial charge in [-0.15, -0.1) is 0 Å². The molecule has 0 aliphatic heterocycles. The highest BCUT2D eigenvalue weighted by molar-refractivity contribution is 5.98. The maximum absolute atomic E-state index is 13.7. The number of halogens is 1. The first-order chi connectivity index (χ1) is 10.2. The molecule has 0 spiro atoms. The quantitative estimate of drug-likeness (QED) is 0.333. The number of rotatable bonds is 7. The van der Waals surface area contributed by atoms with Crippen molar-refractivity contribution < 1.29 is 23.6 Å². The van der Waals surface area contributed by atoms with E-state index in [9.17, 15) is 24.1 Å². The lowest BCUT2D eigenvalue weighted by atomic mass is 10.1. The van der Waals surface area contributed by atoms with Crippen LogP contribution in [0.4, 0.5) is 10.1 Å². The Hall–Kier alpha value is -2.51. The molecule has 0 aliphatic carbocycles. The summed E-state index contributed by atoms with van der Waals surface area (Å²) in [5.74, 6) is -1.80. The Kier molecular flexibility index (Phi) is 5.97. The Morgan fingerprint density at radius 1 is 1.36 bits per heavy atom. The van der Waals surface area contributed by atoms with Crippen molar-refractivity contribution in [3.8, 4) is 5.75 Å². The highest BCUT2D eigenvalue weighted by Crippen LogP contribution is 2.28. The minimum absolute atomic E-state index is 0.0191. The molecular weight excluding hydrogens is 295 g/mol. The maximum atomic E-state index is 13.7. The van der Waals surface area contributed by atoms with Gasteiger partial charge in [-0.2, -0.15) is 4.39 Å². The van der Waals surface area contributed by atoms with Crippen LogP contribution in [0.5, 0.6) is 5.75 Å². The zero-order valence-corrected chi connectivity index (χ0v) is 12.6. The second-order valence-corrected chi connectivity index (χ2v) is 4.85. The van der Waals surface area contributed by atoms with Crippen LogP contribution >= 0.6 is 0 Å². The van der Waals surface area contributed by atoms with Crippen LogP contribution in [-0.2, 0) is 4.79 Å². The van der Waals surface area contributed by atoms with Gasteiger partial charge in [-0.3, -0.25) is 19.7 Å². The summed E-state index contributed by atoms with van der Waals surface area (Å²) in [4.78, 5) is 34.0. The van der Waals surface area contributed by atoms with E-state index >= 15 is 0 Å². The lowest BCUT2D eigenvalue weighted by Gasteiger charge is -2.11. The summed E-state index contributed by atoms with van der Waals surface area (Å²) < 4.78 is 19.0. The molecule has 0 atom stereocenters. The van der Waals surface area contributed by atoms with Gasteiger partial charge in [0.25, 0.3) is 0 Å². The Morgan fingerprint density at radius 2 is 2.00 bits per heavy atom. The van der Waals surface area contributed by atoms with Crippen molar-refractivity contribution in [3.05, 3.63) is 33.6 Å². The average Bonchev–Trinajstić information content (AvgIpc) is 2.41. The molecule has 0 unspecified atom stereocenters. The van der Waals surface area contributed by atoms with Crippen LogP contribution in [0.2, 0.25) is 0 Å². The predicted octanol–water partition coefficient (Wildman–Crippen LogP) is 2.18. The molecule has 7 nitrogen and oxygen atoms in total. The van der Waals surface area contributed by atoms with Crippen LogP contribution in [0, 0.1) is 15.9 Å². The third-order valence-electron chi connectivity index (χ3n) is 2.90. The predicted molar refractivity (Wildman–Crippen MR) is 76.5 cm³/mol. The van der Waals surface area contributed by atoms with E-state index in [1.807, 2.05) is 0 Å². The van der Waals surface area contributed by atoms with Crippen LogP contribution in [0.25, 0.3) is 0 Å². The van der Waals surface area contributed by atoms with Crippen LogP contribution in [-0.4, -0.2) is 42.2 Å². The molecule has 0 saturated carbocycles. The van der Waals surface area contributed by atoms with Crippen LogP contribution in [0.3, 0.4) is 0 Å². The van der Waals surface area contributed by atoms with Gasteiger partial charge in [0, 0.05) is 26.6 Å². The number of amides is 1. The van der Waals surface area contributed by atoms with Gasteiger partial charge < -0.3 is 9.64 Å². The van der Waals surface area contributed by atoms with E-state index in [0.717, 1.165) is 19.1 Å². The lowest BCUT2D eigenvalue weighted by molar-refractivity contribution is -0.387. The molecular formula is C14H17FN2O5. The normalized spacial score (nSPS) is 10.2. The van der Waals surface area contributed by atoms with Crippen molar-refractivity contribution in [3.63, 3.8) is 0 Å². The van der Waals surface area contributed by atoms with Crippen molar-refractivity contribution in [2.75, 3.05) is 20.7 Å². The van der Waals surface area contributed by atoms with E-state index in [0.29, 0.717) is 6.42 Å². The van der Waals surface area contributed by atoms with E-state index in [1.165, 1.54) is 4.90 Å². The fourth-order valence-electron chi connectivity index (χ4n) is 1.75. The first-order valence-corrected chi connectivity index (χ1v) is 6.56. The summed E-state index contributed by atoms with van der Waals surface area (Å²) >= 11 is 0. The highest BCUT2D eigenvalue weighted by Gasteiger charge is 2.24. The summed E-state index contributed by atoms with van der Waals surface area (Å²) in [6, 6.07) is 2.00. The first-order valence-electron chi connectivity index (χ1n) is 6.56. The molecule has 1 aromatic rings. The number of carbonyl (C=O) groups excluding carboxylic acids is 2. The molecule has 0 radical (unpaired) electrons. The Morgan fingerprint density at radius 3 is 2.50 bits per heavy atom. The van der Waals surface area contributed by atoms with Gasteiger partial charge in [-0.05, 0) is 19.4 Å². The number of nitro benzene ring substituents is 1. The van der Waals surface area contributed by atoms with Crippen molar-refractivity contribution in [1.82, 2.24) is 4.90 Å². The number of ether oxygens (including phenoxy) is 1. The second kappa shape index (κ2) is 7.48. The standard InChI is InChI=1S/C14H17FN2O5/c1-9(18)11-7-10(8-12(15)14(11)17(20)21)22-6-4-5-13(19)16(2)3/h7-8H,4-6H2,1-3H3. The molecule has 1 rings (SSSR count). The molecule has 8 heteroatoms. The SMILES string of the molecule is CC(=O)c1cc(OCCCC(=O)N(C)C)cc(F)c1[N+](=O)[O-]. The monoisotopic (exact) mass is 312 g/mol. The second-order valence-electron chi connectivity index (χ2n) is 4.85. The van der Waals surface area contributed by atoms with E-state index in [-0.39, 0.29) is 30.2 Å². The molecule has 0 bridgehead atoms. The molecule has 0 fully saturated rings.